The Morgan fingerprint density at radius 3 is 2.33 bits per heavy atom. The zero-order chi connectivity index (χ0) is 21.3. The van der Waals surface area contributed by atoms with Gasteiger partial charge in [0.2, 0.25) is 15.9 Å². The van der Waals surface area contributed by atoms with E-state index in [0.717, 1.165) is 27.1 Å². The van der Waals surface area contributed by atoms with Crippen LogP contribution in [0.4, 0.5) is 0 Å². The predicted molar refractivity (Wildman–Crippen MR) is 120 cm³/mol. The van der Waals surface area contributed by atoms with E-state index in [1.54, 1.807) is 28.6 Å². The van der Waals surface area contributed by atoms with E-state index in [1.807, 2.05) is 38.1 Å². The Bertz CT molecular complexity index is 1130. The highest BCUT2D eigenvalue weighted by atomic mass is 79.9. The van der Waals surface area contributed by atoms with E-state index in [1.165, 1.54) is 0 Å². The zero-order valence-electron chi connectivity index (χ0n) is 17.0. The van der Waals surface area contributed by atoms with Gasteiger partial charge < -0.3 is 4.42 Å². The second kappa shape index (κ2) is 8.63. The fraction of sp³-hybridized carbons (Fsp3) is 0.318. The van der Waals surface area contributed by atoms with E-state index in [-0.39, 0.29) is 0 Å². The number of halogens is 1. The molecule has 2 aromatic carbocycles. The second-order valence-corrected chi connectivity index (χ2v) is 10.3. The maximum Gasteiger partial charge on any atom is 0.243 e. The molecule has 1 aliphatic rings. The summed E-state index contributed by atoms with van der Waals surface area (Å²) in [6.45, 7) is 6.84. The fourth-order valence-corrected chi connectivity index (χ4v) is 5.28. The van der Waals surface area contributed by atoms with Crippen LogP contribution in [-0.2, 0) is 16.6 Å². The lowest BCUT2D eigenvalue weighted by molar-refractivity contribution is 0.179. The first-order valence-corrected chi connectivity index (χ1v) is 12.1. The third-order valence-corrected chi connectivity index (χ3v) is 7.87. The largest absolute Gasteiger partial charge is 0.441 e. The van der Waals surface area contributed by atoms with Crippen LogP contribution in [-0.4, -0.2) is 48.8 Å². The summed E-state index contributed by atoms with van der Waals surface area (Å²) in [5, 5.41) is 0. The molecule has 1 fully saturated rings. The first kappa shape index (κ1) is 21.2. The molecule has 0 amide bonds. The summed E-state index contributed by atoms with van der Waals surface area (Å²) in [4.78, 5) is 7.26. The van der Waals surface area contributed by atoms with E-state index in [2.05, 4.69) is 20.8 Å². The minimum absolute atomic E-state index is 0.328. The van der Waals surface area contributed by atoms with Crippen molar-refractivity contribution in [3.05, 3.63) is 70.0 Å². The number of rotatable bonds is 5. The van der Waals surface area contributed by atoms with Crippen molar-refractivity contribution in [3.8, 4) is 11.5 Å². The van der Waals surface area contributed by atoms with E-state index in [9.17, 15) is 8.42 Å². The van der Waals surface area contributed by atoms with Gasteiger partial charge in [0.15, 0.2) is 0 Å². The normalized spacial score (nSPS) is 16.1. The number of piperazine rings is 1. The fourth-order valence-electron chi connectivity index (χ4n) is 3.60. The molecular formula is C22H24BrN3O3S. The molecule has 0 radical (unpaired) electrons. The van der Waals surface area contributed by atoms with Crippen LogP contribution in [0.15, 0.2) is 62.3 Å². The minimum atomic E-state index is -3.47. The highest BCUT2D eigenvalue weighted by Crippen LogP contribution is 2.26. The van der Waals surface area contributed by atoms with Crippen molar-refractivity contribution in [1.29, 1.82) is 0 Å². The van der Waals surface area contributed by atoms with E-state index in [4.69, 9.17) is 9.40 Å². The Kier molecular flexibility index (Phi) is 6.11. The number of hydrogen-bond acceptors (Lipinski definition) is 5. The molecule has 0 unspecified atom stereocenters. The summed E-state index contributed by atoms with van der Waals surface area (Å²) < 4.78 is 34.1. The number of aryl methyl sites for hydroxylation is 2. The Morgan fingerprint density at radius 2 is 1.67 bits per heavy atom. The van der Waals surface area contributed by atoms with Crippen LogP contribution in [0.1, 0.15) is 17.0 Å². The molecule has 0 aliphatic carbocycles. The molecule has 158 valence electrons. The molecule has 0 spiro atoms. The van der Waals surface area contributed by atoms with Crippen molar-refractivity contribution in [2.45, 2.75) is 25.3 Å². The number of benzene rings is 2. The third-order valence-electron chi connectivity index (χ3n) is 5.42. The SMILES string of the molecule is Cc1ccccc1-c1nc(CN2CCN(S(=O)(=O)c3ccc(Br)cc3)CC2)c(C)o1. The summed E-state index contributed by atoms with van der Waals surface area (Å²) in [6, 6.07) is 14.8. The standard InChI is InChI=1S/C22H24BrN3O3S/c1-16-5-3-4-6-20(16)22-24-21(17(2)29-22)15-25-11-13-26(14-12-25)30(27,28)19-9-7-18(23)8-10-19/h3-10H,11-15H2,1-2H3. The predicted octanol–water partition coefficient (Wildman–Crippen LogP) is 4.23. The molecule has 0 saturated carbocycles. The molecule has 8 heteroatoms. The lowest BCUT2D eigenvalue weighted by Crippen LogP contribution is -2.48. The maximum absolute atomic E-state index is 12.9. The van der Waals surface area contributed by atoms with E-state index < -0.39 is 10.0 Å². The van der Waals surface area contributed by atoms with Crippen LogP contribution in [0.25, 0.3) is 11.5 Å². The van der Waals surface area contributed by atoms with Crippen LogP contribution in [0.3, 0.4) is 0 Å². The van der Waals surface area contributed by atoms with Crippen LogP contribution in [0, 0.1) is 13.8 Å². The van der Waals surface area contributed by atoms with Gasteiger partial charge in [0.25, 0.3) is 0 Å². The lowest BCUT2D eigenvalue weighted by atomic mass is 10.1. The second-order valence-electron chi connectivity index (χ2n) is 7.47. The van der Waals surface area contributed by atoms with Crippen LogP contribution in [0.5, 0.6) is 0 Å². The highest BCUT2D eigenvalue weighted by Gasteiger charge is 2.29. The molecule has 1 aliphatic heterocycles. The smallest absolute Gasteiger partial charge is 0.243 e. The van der Waals surface area contributed by atoms with Crippen molar-refractivity contribution in [2.75, 3.05) is 26.2 Å². The van der Waals surface area contributed by atoms with Gasteiger partial charge in [-0.3, -0.25) is 4.90 Å². The Morgan fingerprint density at radius 1 is 1.00 bits per heavy atom. The molecule has 30 heavy (non-hydrogen) atoms. The Balaban J connectivity index is 1.42. The number of nitrogens with zero attached hydrogens (tertiary/aromatic N) is 3. The summed E-state index contributed by atoms with van der Waals surface area (Å²) in [6.07, 6.45) is 0. The van der Waals surface area contributed by atoms with Crippen LogP contribution in [0.2, 0.25) is 0 Å². The average Bonchev–Trinajstić information content (AvgIpc) is 3.09. The number of aromatic nitrogens is 1. The molecule has 2 heterocycles. The molecule has 4 rings (SSSR count). The Hall–Kier alpha value is -2.00. The summed E-state index contributed by atoms with van der Waals surface area (Å²) in [5.41, 5.74) is 3.02. The van der Waals surface area contributed by atoms with E-state index >= 15 is 0 Å². The molecule has 1 aromatic heterocycles. The molecule has 6 nitrogen and oxygen atoms in total. The molecular weight excluding hydrogens is 466 g/mol. The molecule has 0 bridgehead atoms. The van der Waals surface area contributed by atoms with Crippen molar-refractivity contribution in [3.63, 3.8) is 0 Å². The number of oxazole rings is 1. The number of sulfonamides is 1. The van der Waals surface area contributed by atoms with Crippen molar-refractivity contribution >= 4 is 26.0 Å². The van der Waals surface area contributed by atoms with Crippen LogP contribution >= 0.6 is 15.9 Å². The van der Waals surface area contributed by atoms with Gasteiger partial charge in [0.05, 0.1) is 10.6 Å². The molecule has 0 atom stereocenters. The van der Waals surface area contributed by atoms with Gasteiger partial charge in [-0.1, -0.05) is 34.1 Å². The van der Waals surface area contributed by atoms with Gasteiger partial charge in [-0.15, -0.1) is 0 Å². The van der Waals surface area contributed by atoms with Gasteiger partial charge in [0, 0.05) is 42.8 Å². The minimum Gasteiger partial charge on any atom is -0.441 e. The van der Waals surface area contributed by atoms with Gasteiger partial charge in [0.1, 0.15) is 5.76 Å². The van der Waals surface area contributed by atoms with Crippen LogP contribution < -0.4 is 0 Å². The highest BCUT2D eigenvalue weighted by molar-refractivity contribution is 9.10. The van der Waals surface area contributed by atoms with Gasteiger partial charge in [-0.05, 0) is 49.7 Å². The summed E-state index contributed by atoms with van der Waals surface area (Å²) >= 11 is 3.35. The first-order chi connectivity index (χ1) is 14.3. The summed E-state index contributed by atoms with van der Waals surface area (Å²) in [5.74, 6) is 1.44. The quantitative estimate of drug-likeness (QED) is 0.536. The molecule has 1 saturated heterocycles. The summed E-state index contributed by atoms with van der Waals surface area (Å²) in [7, 11) is -3.47. The first-order valence-electron chi connectivity index (χ1n) is 9.85. The lowest BCUT2D eigenvalue weighted by Gasteiger charge is -2.33. The van der Waals surface area contributed by atoms with Gasteiger partial charge in [-0.25, -0.2) is 13.4 Å². The molecule has 3 aromatic rings. The monoisotopic (exact) mass is 489 g/mol. The average molecular weight is 490 g/mol. The van der Waals surface area contributed by atoms with Crippen molar-refractivity contribution in [2.24, 2.45) is 0 Å². The number of hydrogen-bond donors (Lipinski definition) is 0. The maximum atomic E-state index is 12.9. The van der Waals surface area contributed by atoms with E-state index in [0.29, 0.717) is 43.5 Å². The van der Waals surface area contributed by atoms with Crippen molar-refractivity contribution in [1.82, 2.24) is 14.2 Å². The third kappa shape index (κ3) is 4.37. The van der Waals surface area contributed by atoms with Crippen molar-refractivity contribution < 1.29 is 12.8 Å². The molecule has 0 N–H and O–H groups in total. The zero-order valence-corrected chi connectivity index (χ0v) is 19.4. The Labute approximate surface area is 185 Å². The van der Waals surface area contributed by atoms with Gasteiger partial charge >= 0.3 is 0 Å². The topological polar surface area (TPSA) is 66.7 Å². The van der Waals surface area contributed by atoms with Gasteiger partial charge in [-0.2, -0.15) is 4.31 Å².